The molecule has 2 rings (SSSR count). The van der Waals surface area contributed by atoms with Crippen LogP contribution in [0.2, 0.25) is 0 Å². The Morgan fingerprint density at radius 2 is 2.39 bits per heavy atom. The summed E-state index contributed by atoms with van der Waals surface area (Å²) in [5.41, 5.74) is 7.33. The van der Waals surface area contributed by atoms with Crippen LogP contribution in [0.15, 0.2) is 24.4 Å². The number of hydrogen-bond acceptors (Lipinski definition) is 4. The first-order valence-corrected chi connectivity index (χ1v) is 6.52. The topological polar surface area (TPSA) is 51.4 Å². The molecule has 100 valence electrons. The standard InChI is InChI=1S/C14H23N3O/c1-14(11-18-9-13(14)15)10-17(2)8-6-12-5-3-4-7-16-12/h3-5,7,13H,6,8-11,15H2,1-2H3. The van der Waals surface area contributed by atoms with Gasteiger partial charge >= 0.3 is 0 Å². The van der Waals surface area contributed by atoms with E-state index in [0.29, 0.717) is 6.61 Å². The summed E-state index contributed by atoms with van der Waals surface area (Å²) in [6, 6.07) is 6.20. The lowest BCUT2D eigenvalue weighted by Crippen LogP contribution is -2.46. The fourth-order valence-electron chi connectivity index (χ4n) is 2.44. The SMILES string of the molecule is CN(CCc1ccccn1)CC1(C)COCC1N. The van der Waals surface area contributed by atoms with E-state index < -0.39 is 0 Å². The number of pyridine rings is 1. The lowest BCUT2D eigenvalue weighted by atomic mass is 9.85. The van der Waals surface area contributed by atoms with Crippen molar-refractivity contribution in [3.63, 3.8) is 0 Å². The molecule has 0 saturated carbocycles. The van der Waals surface area contributed by atoms with Crippen molar-refractivity contribution in [2.24, 2.45) is 11.1 Å². The molecule has 0 spiro atoms. The van der Waals surface area contributed by atoms with Crippen LogP contribution in [0.3, 0.4) is 0 Å². The molecule has 1 aliphatic rings. The van der Waals surface area contributed by atoms with Gasteiger partial charge in [-0.25, -0.2) is 0 Å². The number of aromatic nitrogens is 1. The second-order valence-electron chi connectivity index (χ2n) is 5.58. The predicted molar refractivity (Wildman–Crippen MR) is 72.3 cm³/mol. The summed E-state index contributed by atoms with van der Waals surface area (Å²) in [6.45, 7) is 5.63. The normalized spacial score (nSPS) is 27.9. The Hall–Kier alpha value is -0.970. The van der Waals surface area contributed by atoms with E-state index in [-0.39, 0.29) is 11.5 Å². The first-order chi connectivity index (χ1) is 8.60. The first kappa shape index (κ1) is 13.5. The Morgan fingerprint density at radius 1 is 1.56 bits per heavy atom. The Labute approximate surface area is 109 Å². The fourth-order valence-corrected chi connectivity index (χ4v) is 2.44. The molecule has 1 saturated heterocycles. The van der Waals surface area contributed by atoms with Gasteiger partial charge in [0.25, 0.3) is 0 Å². The van der Waals surface area contributed by atoms with Crippen LogP contribution < -0.4 is 5.73 Å². The lowest BCUT2D eigenvalue weighted by Gasteiger charge is -2.31. The van der Waals surface area contributed by atoms with E-state index in [9.17, 15) is 0 Å². The van der Waals surface area contributed by atoms with Gasteiger partial charge < -0.3 is 15.4 Å². The van der Waals surface area contributed by atoms with Crippen LogP contribution in [0.4, 0.5) is 0 Å². The molecule has 18 heavy (non-hydrogen) atoms. The van der Waals surface area contributed by atoms with Gasteiger partial charge in [0.1, 0.15) is 0 Å². The van der Waals surface area contributed by atoms with Gasteiger partial charge in [0.2, 0.25) is 0 Å². The quantitative estimate of drug-likeness (QED) is 0.843. The second kappa shape index (κ2) is 5.78. The molecular formula is C14H23N3O. The third-order valence-electron chi connectivity index (χ3n) is 3.73. The zero-order valence-corrected chi connectivity index (χ0v) is 11.3. The maximum atomic E-state index is 6.10. The minimum absolute atomic E-state index is 0.0822. The summed E-state index contributed by atoms with van der Waals surface area (Å²) in [5.74, 6) is 0. The van der Waals surface area contributed by atoms with Crippen LogP contribution in [0.25, 0.3) is 0 Å². The monoisotopic (exact) mass is 249 g/mol. The minimum atomic E-state index is 0.0822. The number of hydrogen-bond donors (Lipinski definition) is 1. The van der Waals surface area contributed by atoms with Gasteiger partial charge in [0, 0.05) is 42.9 Å². The van der Waals surface area contributed by atoms with Crippen molar-refractivity contribution in [1.29, 1.82) is 0 Å². The van der Waals surface area contributed by atoms with E-state index in [1.807, 2.05) is 18.3 Å². The average molecular weight is 249 g/mol. The van der Waals surface area contributed by atoms with E-state index in [1.165, 1.54) is 0 Å². The lowest BCUT2D eigenvalue weighted by molar-refractivity contribution is 0.131. The maximum Gasteiger partial charge on any atom is 0.0624 e. The van der Waals surface area contributed by atoms with Gasteiger partial charge in [0.15, 0.2) is 0 Å². The summed E-state index contributed by atoms with van der Waals surface area (Å²) in [6.07, 6.45) is 2.82. The van der Waals surface area contributed by atoms with Crippen molar-refractivity contribution in [1.82, 2.24) is 9.88 Å². The van der Waals surface area contributed by atoms with Gasteiger partial charge in [-0.15, -0.1) is 0 Å². The van der Waals surface area contributed by atoms with Crippen molar-refractivity contribution in [2.45, 2.75) is 19.4 Å². The summed E-state index contributed by atoms with van der Waals surface area (Å²) in [7, 11) is 2.14. The van der Waals surface area contributed by atoms with Crippen LogP contribution >= 0.6 is 0 Å². The van der Waals surface area contributed by atoms with Gasteiger partial charge in [-0.05, 0) is 19.2 Å². The first-order valence-electron chi connectivity index (χ1n) is 6.52. The molecule has 2 heterocycles. The highest BCUT2D eigenvalue weighted by Crippen LogP contribution is 2.27. The van der Waals surface area contributed by atoms with Gasteiger partial charge in [-0.3, -0.25) is 4.98 Å². The van der Waals surface area contributed by atoms with E-state index in [4.69, 9.17) is 10.5 Å². The van der Waals surface area contributed by atoms with Crippen molar-refractivity contribution >= 4 is 0 Å². The molecule has 2 N–H and O–H groups in total. The minimum Gasteiger partial charge on any atom is -0.379 e. The Bertz CT molecular complexity index is 371. The molecule has 4 heteroatoms. The van der Waals surface area contributed by atoms with Crippen LogP contribution in [-0.4, -0.2) is 49.3 Å². The highest BCUT2D eigenvalue weighted by Gasteiger charge is 2.38. The summed E-state index contributed by atoms with van der Waals surface area (Å²) < 4.78 is 5.47. The van der Waals surface area contributed by atoms with E-state index in [0.717, 1.165) is 31.8 Å². The fraction of sp³-hybridized carbons (Fsp3) is 0.643. The predicted octanol–water partition coefficient (Wildman–Crippen LogP) is 0.920. The third-order valence-corrected chi connectivity index (χ3v) is 3.73. The Kier molecular flexibility index (Phi) is 4.32. The average Bonchev–Trinajstić information content (AvgIpc) is 2.68. The molecule has 1 aliphatic heterocycles. The molecule has 4 nitrogen and oxygen atoms in total. The number of nitrogens with zero attached hydrogens (tertiary/aromatic N) is 2. The van der Waals surface area contributed by atoms with Gasteiger partial charge in [0.05, 0.1) is 13.2 Å². The summed E-state index contributed by atoms with van der Waals surface area (Å²) >= 11 is 0. The van der Waals surface area contributed by atoms with Crippen LogP contribution in [-0.2, 0) is 11.2 Å². The second-order valence-corrected chi connectivity index (χ2v) is 5.58. The Balaban J connectivity index is 1.80. The number of rotatable bonds is 5. The molecule has 0 bridgehead atoms. The van der Waals surface area contributed by atoms with E-state index in [2.05, 4.69) is 29.9 Å². The van der Waals surface area contributed by atoms with Gasteiger partial charge in [-0.1, -0.05) is 13.0 Å². The van der Waals surface area contributed by atoms with Crippen LogP contribution in [0, 0.1) is 5.41 Å². The maximum absolute atomic E-state index is 6.10. The number of ether oxygens (including phenoxy) is 1. The third kappa shape index (κ3) is 3.28. The zero-order chi connectivity index (χ0) is 13.0. The van der Waals surface area contributed by atoms with Crippen LogP contribution in [0.1, 0.15) is 12.6 Å². The number of likely N-dealkylation sites (N-methyl/N-ethyl adjacent to an activating group) is 1. The summed E-state index contributed by atoms with van der Waals surface area (Å²) in [5, 5.41) is 0. The Morgan fingerprint density at radius 3 is 3.00 bits per heavy atom. The van der Waals surface area contributed by atoms with Crippen molar-refractivity contribution in [3.8, 4) is 0 Å². The highest BCUT2D eigenvalue weighted by molar-refractivity contribution is 5.03. The molecular weight excluding hydrogens is 226 g/mol. The molecule has 0 radical (unpaired) electrons. The molecule has 1 aromatic heterocycles. The number of nitrogens with two attached hydrogens (primary N) is 1. The van der Waals surface area contributed by atoms with Gasteiger partial charge in [-0.2, -0.15) is 0 Å². The molecule has 1 aromatic rings. The summed E-state index contributed by atoms with van der Waals surface area (Å²) in [4.78, 5) is 6.66. The molecule has 2 unspecified atom stereocenters. The van der Waals surface area contributed by atoms with E-state index >= 15 is 0 Å². The zero-order valence-electron chi connectivity index (χ0n) is 11.3. The van der Waals surface area contributed by atoms with E-state index in [1.54, 1.807) is 0 Å². The highest BCUT2D eigenvalue weighted by atomic mass is 16.5. The van der Waals surface area contributed by atoms with Crippen molar-refractivity contribution in [3.05, 3.63) is 30.1 Å². The molecule has 1 fully saturated rings. The van der Waals surface area contributed by atoms with Crippen molar-refractivity contribution in [2.75, 3.05) is 33.4 Å². The molecule has 0 aliphatic carbocycles. The molecule has 2 atom stereocenters. The molecule has 0 amide bonds. The van der Waals surface area contributed by atoms with Crippen LogP contribution in [0.5, 0.6) is 0 Å². The largest absolute Gasteiger partial charge is 0.379 e. The van der Waals surface area contributed by atoms with Crippen molar-refractivity contribution < 1.29 is 4.74 Å². The smallest absolute Gasteiger partial charge is 0.0624 e. The molecule has 0 aromatic carbocycles.